The summed E-state index contributed by atoms with van der Waals surface area (Å²) in [5.74, 6) is 0. The molecule has 0 fully saturated rings. The molecule has 126 valence electrons. The van der Waals surface area contributed by atoms with Crippen molar-refractivity contribution in [3.05, 3.63) is 101 Å². The monoisotopic (exact) mass is 375 g/mol. The SMILES string of the molecule is Clc1c(-c2ccccc2)nc(-c2ccccc2)c(Cl)c1-c1ccccc1. The first-order valence-corrected chi connectivity index (χ1v) is 9.06. The van der Waals surface area contributed by atoms with Crippen LogP contribution in [0.25, 0.3) is 33.6 Å². The van der Waals surface area contributed by atoms with Crippen LogP contribution in [0.5, 0.6) is 0 Å². The highest BCUT2D eigenvalue weighted by Crippen LogP contribution is 2.44. The van der Waals surface area contributed by atoms with Crippen LogP contribution in [0.15, 0.2) is 91.0 Å². The quantitative estimate of drug-likeness (QED) is 0.363. The summed E-state index contributed by atoms with van der Waals surface area (Å²) in [7, 11) is 0. The summed E-state index contributed by atoms with van der Waals surface area (Å²) in [5.41, 5.74) is 5.16. The largest absolute Gasteiger partial charge is 0.245 e. The zero-order valence-corrected chi connectivity index (χ0v) is 15.4. The van der Waals surface area contributed by atoms with E-state index in [1.54, 1.807) is 0 Å². The van der Waals surface area contributed by atoms with Gasteiger partial charge in [-0.3, -0.25) is 0 Å². The van der Waals surface area contributed by atoms with Gasteiger partial charge in [-0.1, -0.05) is 114 Å². The molecular formula is C23H15Cl2N. The van der Waals surface area contributed by atoms with E-state index in [1.165, 1.54) is 0 Å². The van der Waals surface area contributed by atoms with E-state index in [2.05, 4.69) is 0 Å². The van der Waals surface area contributed by atoms with Crippen LogP contribution in [0.2, 0.25) is 10.0 Å². The third-order valence-electron chi connectivity index (χ3n) is 4.24. The van der Waals surface area contributed by atoms with Gasteiger partial charge in [0, 0.05) is 16.7 Å². The number of nitrogens with zero attached hydrogens (tertiary/aromatic N) is 1. The standard InChI is InChI=1S/C23H15Cl2N/c24-20-19(16-10-4-1-5-11-16)21(25)23(18-14-8-3-9-15-18)26-22(20)17-12-6-2-7-13-17/h1-15H. The van der Waals surface area contributed by atoms with E-state index in [0.29, 0.717) is 10.0 Å². The van der Waals surface area contributed by atoms with Crippen LogP contribution in [0.4, 0.5) is 0 Å². The number of benzene rings is 3. The van der Waals surface area contributed by atoms with Gasteiger partial charge in [0.2, 0.25) is 0 Å². The highest BCUT2D eigenvalue weighted by Gasteiger charge is 2.20. The van der Waals surface area contributed by atoms with Gasteiger partial charge in [-0.15, -0.1) is 0 Å². The Morgan fingerprint density at radius 1 is 0.462 bits per heavy atom. The Balaban J connectivity index is 2.05. The van der Waals surface area contributed by atoms with E-state index in [9.17, 15) is 0 Å². The number of hydrogen-bond acceptors (Lipinski definition) is 1. The molecule has 0 radical (unpaired) electrons. The molecule has 0 aliphatic rings. The van der Waals surface area contributed by atoms with Gasteiger partial charge in [-0.05, 0) is 5.56 Å². The second-order valence-electron chi connectivity index (χ2n) is 5.91. The molecule has 3 aromatic carbocycles. The van der Waals surface area contributed by atoms with Crippen molar-refractivity contribution in [2.24, 2.45) is 0 Å². The summed E-state index contributed by atoms with van der Waals surface area (Å²) < 4.78 is 0. The Morgan fingerprint density at radius 2 is 0.808 bits per heavy atom. The highest BCUT2D eigenvalue weighted by atomic mass is 35.5. The van der Waals surface area contributed by atoms with Crippen LogP contribution < -0.4 is 0 Å². The average Bonchev–Trinajstić information content (AvgIpc) is 2.70. The Hall–Kier alpha value is -2.61. The molecule has 0 spiro atoms. The van der Waals surface area contributed by atoms with Gasteiger partial charge >= 0.3 is 0 Å². The van der Waals surface area contributed by atoms with Gasteiger partial charge < -0.3 is 0 Å². The Kier molecular flexibility index (Phi) is 4.75. The van der Waals surface area contributed by atoms with Crippen LogP contribution in [0, 0.1) is 0 Å². The molecule has 0 amide bonds. The van der Waals surface area contributed by atoms with Crippen molar-refractivity contribution in [2.75, 3.05) is 0 Å². The predicted molar refractivity (Wildman–Crippen MR) is 111 cm³/mol. The number of aromatic nitrogens is 1. The van der Waals surface area contributed by atoms with Gasteiger partial charge in [0.25, 0.3) is 0 Å². The summed E-state index contributed by atoms with van der Waals surface area (Å²) >= 11 is 13.6. The molecule has 0 aliphatic carbocycles. The molecule has 0 atom stereocenters. The maximum absolute atomic E-state index is 6.80. The van der Waals surface area contributed by atoms with E-state index in [1.807, 2.05) is 91.0 Å². The molecule has 1 heterocycles. The van der Waals surface area contributed by atoms with Gasteiger partial charge in [0.1, 0.15) is 0 Å². The van der Waals surface area contributed by atoms with Crippen LogP contribution in [0.3, 0.4) is 0 Å². The first-order chi connectivity index (χ1) is 12.8. The molecule has 1 nitrogen and oxygen atoms in total. The minimum atomic E-state index is 0.562. The van der Waals surface area contributed by atoms with Gasteiger partial charge in [-0.2, -0.15) is 0 Å². The lowest BCUT2D eigenvalue weighted by Crippen LogP contribution is -1.95. The van der Waals surface area contributed by atoms with E-state index < -0.39 is 0 Å². The first kappa shape index (κ1) is 16.8. The molecule has 0 unspecified atom stereocenters. The molecule has 0 N–H and O–H groups in total. The molecule has 3 heteroatoms. The van der Waals surface area contributed by atoms with Gasteiger partial charge in [-0.25, -0.2) is 4.98 Å². The number of rotatable bonds is 3. The third kappa shape index (κ3) is 3.12. The molecule has 4 aromatic rings. The van der Waals surface area contributed by atoms with E-state index in [4.69, 9.17) is 28.2 Å². The minimum Gasteiger partial charge on any atom is -0.245 e. The van der Waals surface area contributed by atoms with Crippen molar-refractivity contribution in [3.8, 4) is 33.6 Å². The smallest absolute Gasteiger partial charge is 0.0903 e. The summed E-state index contributed by atoms with van der Waals surface area (Å²) in [5, 5.41) is 1.12. The topological polar surface area (TPSA) is 12.9 Å². The maximum atomic E-state index is 6.80. The summed E-state index contributed by atoms with van der Waals surface area (Å²) in [6.45, 7) is 0. The van der Waals surface area contributed by atoms with E-state index in [0.717, 1.165) is 33.6 Å². The Labute approximate surface area is 162 Å². The second kappa shape index (κ2) is 7.33. The Morgan fingerprint density at radius 3 is 1.19 bits per heavy atom. The fourth-order valence-corrected chi connectivity index (χ4v) is 3.73. The molecule has 26 heavy (non-hydrogen) atoms. The molecule has 0 aliphatic heterocycles. The maximum Gasteiger partial charge on any atom is 0.0903 e. The fourth-order valence-electron chi connectivity index (χ4n) is 2.98. The van der Waals surface area contributed by atoms with E-state index >= 15 is 0 Å². The summed E-state index contributed by atoms with van der Waals surface area (Å²) in [6.07, 6.45) is 0. The zero-order chi connectivity index (χ0) is 17.9. The minimum absolute atomic E-state index is 0.562. The van der Waals surface area contributed by atoms with Crippen molar-refractivity contribution < 1.29 is 0 Å². The van der Waals surface area contributed by atoms with Crippen molar-refractivity contribution in [1.82, 2.24) is 4.98 Å². The molecule has 0 saturated carbocycles. The van der Waals surface area contributed by atoms with Gasteiger partial charge in [0.15, 0.2) is 0 Å². The van der Waals surface area contributed by atoms with Gasteiger partial charge in [0.05, 0.1) is 21.4 Å². The van der Waals surface area contributed by atoms with Crippen molar-refractivity contribution >= 4 is 23.2 Å². The summed E-state index contributed by atoms with van der Waals surface area (Å²) in [6, 6.07) is 29.8. The normalized spacial score (nSPS) is 10.7. The van der Waals surface area contributed by atoms with Crippen molar-refractivity contribution in [2.45, 2.75) is 0 Å². The van der Waals surface area contributed by atoms with Crippen molar-refractivity contribution in [1.29, 1.82) is 0 Å². The van der Waals surface area contributed by atoms with E-state index in [-0.39, 0.29) is 0 Å². The number of halogens is 2. The number of hydrogen-bond donors (Lipinski definition) is 0. The second-order valence-corrected chi connectivity index (χ2v) is 6.67. The van der Waals surface area contributed by atoms with Crippen LogP contribution in [-0.4, -0.2) is 4.98 Å². The number of pyridine rings is 1. The highest BCUT2D eigenvalue weighted by molar-refractivity contribution is 6.42. The average molecular weight is 376 g/mol. The molecule has 0 saturated heterocycles. The molecule has 4 rings (SSSR count). The first-order valence-electron chi connectivity index (χ1n) is 8.31. The predicted octanol–water partition coefficient (Wildman–Crippen LogP) is 7.39. The fraction of sp³-hybridized carbons (Fsp3) is 0. The lowest BCUT2D eigenvalue weighted by Gasteiger charge is -2.16. The lowest BCUT2D eigenvalue weighted by atomic mass is 9.99. The van der Waals surface area contributed by atoms with Crippen LogP contribution >= 0.6 is 23.2 Å². The Bertz CT molecular complexity index is 966. The molecule has 1 aromatic heterocycles. The third-order valence-corrected chi connectivity index (χ3v) is 4.97. The van der Waals surface area contributed by atoms with Crippen LogP contribution in [-0.2, 0) is 0 Å². The lowest BCUT2D eigenvalue weighted by molar-refractivity contribution is 1.32. The van der Waals surface area contributed by atoms with Crippen LogP contribution in [0.1, 0.15) is 0 Å². The molecule has 0 bridgehead atoms. The zero-order valence-electron chi connectivity index (χ0n) is 13.9. The summed E-state index contributed by atoms with van der Waals surface area (Å²) in [4.78, 5) is 4.83. The molecular weight excluding hydrogens is 361 g/mol. The van der Waals surface area contributed by atoms with Crippen molar-refractivity contribution in [3.63, 3.8) is 0 Å².